The van der Waals surface area contributed by atoms with E-state index in [4.69, 9.17) is 9.15 Å². The Bertz CT molecular complexity index is 733. The number of nitrogens with one attached hydrogen (secondary N) is 1. The summed E-state index contributed by atoms with van der Waals surface area (Å²) in [5.74, 6) is 0.429. The van der Waals surface area contributed by atoms with Crippen LogP contribution in [0.25, 0.3) is 11.0 Å². The van der Waals surface area contributed by atoms with Crippen LogP contribution in [0.1, 0.15) is 44.0 Å². The number of benzene rings is 1. The highest BCUT2D eigenvalue weighted by Gasteiger charge is 2.15. The first-order chi connectivity index (χ1) is 11.0. The van der Waals surface area contributed by atoms with Gasteiger partial charge in [0.05, 0.1) is 6.61 Å². The van der Waals surface area contributed by atoms with Gasteiger partial charge in [-0.05, 0) is 24.5 Å². The van der Waals surface area contributed by atoms with Crippen molar-refractivity contribution >= 4 is 16.9 Å². The molecule has 0 unspecified atom stereocenters. The lowest BCUT2D eigenvalue weighted by molar-refractivity contribution is 0.0945. The molecule has 5 nitrogen and oxygen atoms in total. The van der Waals surface area contributed by atoms with E-state index in [2.05, 4.69) is 12.2 Å². The third kappa shape index (κ3) is 4.34. The van der Waals surface area contributed by atoms with E-state index in [1.54, 1.807) is 18.2 Å². The molecule has 0 aliphatic rings. The number of unbranched alkanes of at least 4 members (excludes halogenated alkanes) is 1. The van der Waals surface area contributed by atoms with Crippen LogP contribution < -0.4 is 15.7 Å². The van der Waals surface area contributed by atoms with Crippen molar-refractivity contribution in [3.8, 4) is 5.75 Å². The third-order valence-corrected chi connectivity index (χ3v) is 3.39. The fraction of sp³-hybridized carbons (Fsp3) is 0.444. The second-order valence-electron chi connectivity index (χ2n) is 5.93. The van der Waals surface area contributed by atoms with Crippen molar-refractivity contribution in [3.05, 3.63) is 40.2 Å². The van der Waals surface area contributed by atoms with Crippen LogP contribution >= 0.6 is 0 Å². The molecule has 23 heavy (non-hydrogen) atoms. The lowest BCUT2D eigenvalue weighted by atomic mass is 10.1. The third-order valence-electron chi connectivity index (χ3n) is 3.39. The van der Waals surface area contributed by atoms with Crippen LogP contribution in [0.3, 0.4) is 0 Å². The number of fused-ring (bicyclic) bond motifs is 1. The van der Waals surface area contributed by atoms with E-state index in [1.165, 1.54) is 0 Å². The number of ether oxygens (including phenoxy) is 1. The lowest BCUT2D eigenvalue weighted by Crippen LogP contribution is -2.31. The minimum absolute atomic E-state index is 0.0175. The van der Waals surface area contributed by atoms with Gasteiger partial charge in [0.2, 0.25) is 0 Å². The van der Waals surface area contributed by atoms with Crippen LogP contribution in [-0.2, 0) is 0 Å². The summed E-state index contributed by atoms with van der Waals surface area (Å²) in [6, 6.07) is 6.94. The Balaban J connectivity index is 2.31. The summed E-state index contributed by atoms with van der Waals surface area (Å²) in [5.41, 5.74) is -0.247. The molecule has 0 saturated carbocycles. The molecule has 0 bridgehead atoms. The first-order valence-electron chi connectivity index (χ1n) is 8.00. The molecule has 2 aromatic rings. The number of hydrogen-bond donors (Lipinski definition) is 1. The topological polar surface area (TPSA) is 68.5 Å². The molecule has 0 fully saturated rings. The summed E-state index contributed by atoms with van der Waals surface area (Å²) < 4.78 is 11.0. The van der Waals surface area contributed by atoms with Crippen molar-refractivity contribution in [2.45, 2.75) is 33.6 Å². The lowest BCUT2D eigenvalue weighted by Gasteiger charge is -2.09. The van der Waals surface area contributed by atoms with Gasteiger partial charge in [0.25, 0.3) is 5.91 Å². The molecular formula is C18H23NO4. The van der Waals surface area contributed by atoms with Gasteiger partial charge in [0.15, 0.2) is 11.3 Å². The Labute approximate surface area is 135 Å². The molecule has 0 aliphatic carbocycles. The van der Waals surface area contributed by atoms with Crippen molar-refractivity contribution in [3.63, 3.8) is 0 Å². The normalized spacial score (nSPS) is 11.0. The molecule has 0 aliphatic heterocycles. The Kier molecular flexibility index (Phi) is 5.79. The maximum absolute atomic E-state index is 12.1. The van der Waals surface area contributed by atoms with E-state index in [1.807, 2.05) is 19.9 Å². The highest BCUT2D eigenvalue weighted by Crippen LogP contribution is 2.25. The van der Waals surface area contributed by atoms with Crippen molar-refractivity contribution in [1.82, 2.24) is 5.32 Å². The molecule has 0 atom stereocenters. The quantitative estimate of drug-likeness (QED) is 0.628. The van der Waals surface area contributed by atoms with Crippen LogP contribution in [0.15, 0.2) is 33.5 Å². The van der Waals surface area contributed by atoms with Gasteiger partial charge >= 0.3 is 5.63 Å². The standard InChI is InChI=1S/C18H23NO4/c1-4-5-9-22-15-8-6-7-13-10-14(18(21)23-16(13)15)17(20)19-11-12(2)3/h6-8,10,12H,4-5,9,11H2,1-3H3,(H,19,20). The van der Waals surface area contributed by atoms with E-state index in [0.717, 1.165) is 12.8 Å². The highest BCUT2D eigenvalue weighted by atomic mass is 16.5. The molecule has 1 aromatic carbocycles. The Morgan fingerprint density at radius 2 is 2.13 bits per heavy atom. The Hall–Kier alpha value is -2.30. The van der Waals surface area contributed by atoms with Gasteiger partial charge in [-0.25, -0.2) is 4.79 Å². The molecule has 0 radical (unpaired) electrons. The van der Waals surface area contributed by atoms with E-state index < -0.39 is 11.5 Å². The fourth-order valence-electron chi connectivity index (χ4n) is 2.11. The molecule has 1 N–H and O–H groups in total. The van der Waals surface area contributed by atoms with Crippen LogP contribution in [0.5, 0.6) is 5.75 Å². The molecule has 2 rings (SSSR count). The van der Waals surface area contributed by atoms with Gasteiger partial charge in [-0.2, -0.15) is 0 Å². The van der Waals surface area contributed by atoms with E-state index >= 15 is 0 Å². The number of amides is 1. The minimum atomic E-state index is -0.648. The fourth-order valence-corrected chi connectivity index (χ4v) is 2.11. The van der Waals surface area contributed by atoms with Crippen LogP contribution in [0.2, 0.25) is 0 Å². The summed E-state index contributed by atoms with van der Waals surface area (Å²) in [5, 5.41) is 3.40. The SMILES string of the molecule is CCCCOc1cccc2cc(C(=O)NCC(C)C)c(=O)oc12. The van der Waals surface area contributed by atoms with Crippen molar-refractivity contribution in [2.75, 3.05) is 13.2 Å². The average molecular weight is 317 g/mol. The summed E-state index contributed by atoms with van der Waals surface area (Å²) in [4.78, 5) is 24.2. The first-order valence-corrected chi connectivity index (χ1v) is 8.00. The summed E-state index contributed by atoms with van der Waals surface area (Å²) in [6.45, 7) is 7.13. The van der Waals surface area contributed by atoms with E-state index in [-0.39, 0.29) is 5.56 Å². The molecule has 1 amide bonds. The number of hydrogen-bond acceptors (Lipinski definition) is 4. The summed E-state index contributed by atoms with van der Waals surface area (Å²) in [7, 11) is 0. The van der Waals surface area contributed by atoms with Crippen molar-refractivity contribution in [1.29, 1.82) is 0 Å². The zero-order valence-electron chi connectivity index (χ0n) is 13.8. The Morgan fingerprint density at radius 1 is 1.35 bits per heavy atom. The molecule has 124 valence electrons. The van der Waals surface area contributed by atoms with Gasteiger partial charge in [-0.15, -0.1) is 0 Å². The zero-order chi connectivity index (χ0) is 16.8. The molecule has 0 saturated heterocycles. The molecule has 5 heteroatoms. The first kappa shape index (κ1) is 17.1. The largest absolute Gasteiger partial charge is 0.490 e. The zero-order valence-corrected chi connectivity index (χ0v) is 13.8. The van der Waals surface area contributed by atoms with Gasteiger partial charge in [-0.3, -0.25) is 4.79 Å². The summed E-state index contributed by atoms with van der Waals surface area (Å²) in [6.07, 6.45) is 1.95. The maximum atomic E-state index is 12.1. The minimum Gasteiger partial charge on any atom is -0.490 e. The smallest absolute Gasteiger partial charge is 0.349 e. The highest BCUT2D eigenvalue weighted by molar-refractivity contribution is 5.97. The number of rotatable bonds is 7. The van der Waals surface area contributed by atoms with Gasteiger partial charge in [-0.1, -0.05) is 39.3 Å². The van der Waals surface area contributed by atoms with E-state index in [9.17, 15) is 9.59 Å². The molecule has 1 aromatic heterocycles. The number of para-hydroxylation sites is 1. The van der Waals surface area contributed by atoms with Gasteiger partial charge < -0.3 is 14.5 Å². The monoisotopic (exact) mass is 317 g/mol. The van der Waals surface area contributed by atoms with Gasteiger partial charge in [0, 0.05) is 11.9 Å². The average Bonchev–Trinajstić information content (AvgIpc) is 2.52. The van der Waals surface area contributed by atoms with Crippen LogP contribution in [-0.4, -0.2) is 19.1 Å². The van der Waals surface area contributed by atoms with Gasteiger partial charge in [0.1, 0.15) is 5.56 Å². The number of carbonyl (C=O) groups excluding carboxylic acids is 1. The van der Waals surface area contributed by atoms with Crippen LogP contribution in [0, 0.1) is 5.92 Å². The van der Waals surface area contributed by atoms with Crippen molar-refractivity contribution in [2.24, 2.45) is 5.92 Å². The predicted molar refractivity (Wildman–Crippen MR) is 90.1 cm³/mol. The summed E-state index contributed by atoms with van der Waals surface area (Å²) >= 11 is 0. The van der Waals surface area contributed by atoms with Crippen molar-refractivity contribution < 1.29 is 13.9 Å². The molecular weight excluding hydrogens is 294 g/mol. The maximum Gasteiger partial charge on any atom is 0.349 e. The number of carbonyl (C=O) groups is 1. The molecule has 1 heterocycles. The second-order valence-corrected chi connectivity index (χ2v) is 5.93. The predicted octanol–water partition coefficient (Wildman–Crippen LogP) is 3.36. The van der Waals surface area contributed by atoms with E-state index in [0.29, 0.717) is 35.8 Å². The molecule has 0 spiro atoms. The Morgan fingerprint density at radius 3 is 2.83 bits per heavy atom. The second kappa shape index (κ2) is 7.81. The van der Waals surface area contributed by atoms with Crippen LogP contribution in [0.4, 0.5) is 0 Å².